The van der Waals surface area contributed by atoms with E-state index < -0.39 is 0 Å². The molecule has 1 heterocycles. The van der Waals surface area contributed by atoms with Crippen LogP contribution in [0.5, 0.6) is 11.5 Å². The first-order valence-electron chi connectivity index (χ1n) is 7.37. The summed E-state index contributed by atoms with van der Waals surface area (Å²) in [6.45, 7) is 2.48. The molecule has 23 heavy (non-hydrogen) atoms. The van der Waals surface area contributed by atoms with Crippen LogP contribution in [0.15, 0.2) is 41.6 Å². The van der Waals surface area contributed by atoms with Crippen molar-refractivity contribution in [1.82, 2.24) is 9.99 Å². The molecule has 2 rings (SSSR count). The third-order valence-corrected chi connectivity index (χ3v) is 3.28. The summed E-state index contributed by atoms with van der Waals surface area (Å²) in [5, 5.41) is 3.97. The largest absolute Gasteiger partial charge is 0.493 e. The number of rotatable bonds is 7. The predicted molar refractivity (Wildman–Crippen MR) is 89.0 cm³/mol. The van der Waals surface area contributed by atoms with Gasteiger partial charge in [0.1, 0.15) is 0 Å². The van der Waals surface area contributed by atoms with E-state index in [-0.39, 0.29) is 12.3 Å². The molecule has 6 nitrogen and oxygen atoms in total. The minimum Gasteiger partial charge on any atom is -0.493 e. The quantitative estimate of drug-likeness (QED) is 0.629. The minimum atomic E-state index is -0.166. The number of methoxy groups -OCH3 is 1. The van der Waals surface area contributed by atoms with E-state index in [1.807, 2.05) is 49.0 Å². The third-order valence-electron chi connectivity index (χ3n) is 3.28. The average molecular weight is 315 g/mol. The van der Waals surface area contributed by atoms with Gasteiger partial charge in [0.05, 0.1) is 26.4 Å². The molecule has 1 amide bonds. The Bertz CT molecular complexity index is 692. The first-order valence-corrected chi connectivity index (χ1v) is 7.37. The maximum atomic E-state index is 11.8. The van der Waals surface area contributed by atoms with Crippen molar-refractivity contribution in [3.63, 3.8) is 0 Å². The van der Waals surface area contributed by atoms with Gasteiger partial charge in [-0.05, 0) is 42.8 Å². The Hall–Kier alpha value is -2.76. The van der Waals surface area contributed by atoms with Crippen molar-refractivity contribution >= 4 is 12.1 Å². The number of ether oxygens (including phenoxy) is 2. The first kappa shape index (κ1) is 16.6. The van der Waals surface area contributed by atoms with E-state index in [2.05, 4.69) is 10.5 Å². The van der Waals surface area contributed by atoms with E-state index in [0.717, 1.165) is 11.3 Å². The Balaban J connectivity index is 1.95. The lowest BCUT2D eigenvalue weighted by Crippen LogP contribution is -2.20. The number of hydrazone groups is 1. The second-order valence-corrected chi connectivity index (χ2v) is 4.92. The fourth-order valence-electron chi connectivity index (χ4n) is 2.10. The van der Waals surface area contributed by atoms with Crippen LogP contribution in [0.3, 0.4) is 0 Å². The molecule has 0 saturated heterocycles. The van der Waals surface area contributed by atoms with Crippen molar-refractivity contribution in [2.75, 3.05) is 13.7 Å². The van der Waals surface area contributed by atoms with E-state index in [4.69, 9.17) is 9.47 Å². The van der Waals surface area contributed by atoms with Crippen molar-refractivity contribution in [2.45, 2.75) is 13.3 Å². The normalized spacial score (nSPS) is 10.7. The summed E-state index contributed by atoms with van der Waals surface area (Å²) >= 11 is 0. The number of hydrogen-bond acceptors (Lipinski definition) is 4. The van der Waals surface area contributed by atoms with Crippen molar-refractivity contribution < 1.29 is 14.3 Å². The first-order chi connectivity index (χ1) is 11.1. The molecular weight excluding hydrogens is 294 g/mol. The molecule has 0 fully saturated rings. The Morgan fingerprint density at radius 1 is 1.35 bits per heavy atom. The molecular formula is C17H21N3O3. The molecule has 6 heteroatoms. The molecule has 0 spiro atoms. The van der Waals surface area contributed by atoms with E-state index in [1.54, 1.807) is 19.4 Å². The highest BCUT2D eigenvalue weighted by Gasteiger charge is 2.06. The van der Waals surface area contributed by atoms with Gasteiger partial charge in [0.2, 0.25) is 5.91 Å². The van der Waals surface area contributed by atoms with Crippen molar-refractivity contribution in [2.24, 2.45) is 12.1 Å². The van der Waals surface area contributed by atoms with E-state index in [0.29, 0.717) is 18.1 Å². The number of aromatic nitrogens is 1. The predicted octanol–water partition coefficient (Wildman–Crippen LogP) is 2.13. The Morgan fingerprint density at radius 3 is 2.83 bits per heavy atom. The van der Waals surface area contributed by atoms with Crippen molar-refractivity contribution in [3.05, 3.63) is 47.8 Å². The smallest absolute Gasteiger partial charge is 0.245 e. The fraction of sp³-hybridized carbons (Fsp3) is 0.294. The molecule has 0 radical (unpaired) electrons. The van der Waals surface area contributed by atoms with Crippen LogP contribution in [0.4, 0.5) is 0 Å². The van der Waals surface area contributed by atoms with Gasteiger partial charge in [-0.25, -0.2) is 5.43 Å². The van der Waals surface area contributed by atoms with Gasteiger partial charge in [-0.15, -0.1) is 0 Å². The lowest BCUT2D eigenvalue weighted by Gasteiger charge is -2.09. The Labute approximate surface area is 135 Å². The molecule has 0 unspecified atom stereocenters. The molecule has 0 bridgehead atoms. The van der Waals surface area contributed by atoms with Gasteiger partial charge in [-0.1, -0.05) is 0 Å². The van der Waals surface area contributed by atoms with Crippen LogP contribution in [0.25, 0.3) is 0 Å². The summed E-state index contributed by atoms with van der Waals surface area (Å²) in [4.78, 5) is 11.8. The number of nitrogens with one attached hydrogen (secondary N) is 1. The molecule has 122 valence electrons. The van der Waals surface area contributed by atoms with Gasteiger partial charge in [0.25, 0.3) is 0 Å². The highest BCUT2D eigenvalue weighted by atomic mass is 16.5. The Kier molecular flexibility index (Phi) is 5.80. The Morgan fingerprint density at radius 2 is 2.17 bits per heavy atom. The number of nitrogens with zero attached hydrogens (tertiary/aromatic N) is 2. The molecule has 1 aromatic heterocycles. The molecule has 2 aromatic rings. The molecule has 0 aliphatic carbocycles. The van der Waals surface area contributed by atoms with E-state index in [9.17, 15) is 4.79 Å². The van der Waals surface area contributed by atoms with Gasteiger partial charge >= 0.3 is 0 Å². The second-order valence-electron chi connectivity index (χ2n) is 4.92. The number of aryl methyl sites for hydroxylation is 1. The zero-order valence-corrected chi connectivity index (χ0v) is 13.6. The van der Waals surface area contributed by atoms with Gasteiger partial charge < -0.3 is 14.0 Å². The summed E-state index contributed by atoms with van der Waals surface area (Å²) in [7, 11) is 3.48. The number of carbonyl (C=O) groups excluding carboxylic acids is 1. The summed E-state index contributed by atoms with van der Waals surface area (Å²) in [6.07, 6.45) is 3.76. The van der Waals surface area contributed by atoms with Gasteiger partial charge in [-0.2, -0.15) is 5.10 Å². The van der Waals surface area contributed by atoms with Crippen molar-refractivity contribution in [3.8, 4) is 11.5 Å². The van der Waals surface area contributed by atoms with Gasteiger partial charge in [-0.3, -0.25) is 4.79 Å². The SMILES string of the molecule is CCOc1ccc(/C=N/NC(=O)Cc2cccn2C)cc1OC. The van der Waals surface area contributed by atoms with Crippen LogP contribution in [-0.4, -0.2) is 30.4 Å². The topological polar surface area (TPSA) is 64.8 Å². The molecule has 0 saturated carbocycles. The molecule has 1 N–H and O–H groups in total. The van der Waals surface area contributed by atoms with Crippen LogP contribution in [0.1, 0.15) is 18.2 Å². The van der Waals surface area contributed by atoms with Crippen LogP contribution in [-0.2, 0) is 18.3 Å². The molecule has 0 aliphatic rings. The van der Waals surface area contributed by atoms with Gasteiger partial charge in [0, 0.05) is 18.9 Å². The minimum absolute atomic E-state index is 0.166. The summed E-state index contributed by atoms with van der Waals surface area (Å²) in [6, 6.07) is 9.27. The van der Waals surface area contributed by atoms with E-state index in [1.165, 1.54) is 0 Å². The third kappa shape index (κ3) is 4.60. The number of amides is 1. The van der Waals surface area contributed by atoms with Crippen LogP contribution in [0, 0.1) is 0 Å². The van der Waals surface area contributed by atoms with E-state index >= 15 is 0 Å². The lowest BCUT2D eigenvalue weighted by molar-refractivity contribution is -0.120. The summed E-state index contributed by atoms with van der Waals surface area (Å²) in [5.41, 5.74) is 4.26. The van der Waals surface area contributed by atoms with Crippen LogP contribution in [0.2, 0.25) is 0 Å². The summed E-state index contributed by atoms with van der Waals surface area (Å²) in [5.74, 6) is 1.15. The molecule has 0 atom stereocenters. The number of carbonyl (C=O) groups is 1. The standard InChI is InChI=1S/C17H21N3O3/c1-4-23-15-8-7-13(10-16(15)22-3)12-18-19-17(21)11-14-6-5-9-20(14)2/h5-10,12H,4,11H2,1-3H3,(H,19,21)/b18-12+. The fourth-order valence-corrected chi connectivity index (χ4v) is 2.10. The number of hydrogen-bond donors (Lipinski definition) is 1. The molecule has 1 aromatic carbocycles. The van der Waals surface area contributed by atoms with Crippen molar-refractivity contribution in [1.29, 1.82) is 0 Å². The maximum Gasteiger partial charge on any atom is 0.245 e. The number of benzene rings is 1. The zero-order chi connectivity index (χ0) is 16.7. The highest BCUT2D eigenvalue weighted by molar-refractivity contribution is 5.83. The average Bonchev–Trinajstić information content (AvgIpc) is 2.94. The summed E-state index contributed by atoms with van der Waals surface area (Å²) < 4.78 is 12.6. The van der Waals surface area contributed by atoms with Crippen LogP contribution >= 0.6 is 0 Å². The molecule has 0 aliphatic heterocycles. The second kappa shape index (κ2) is 8.03. The monoisotopic (exact) mass is 315 g/mol. The highest BCUT2D eigenvalue weighted by Crippen LogP contribution is 2.27. The maximum absolute atomic E-state index is 11.8. The lowest BCUT2D eigenvalue weighted by atomic mass is 10.2. The zero-order valence-electron chi connectivity index (χ0n) is 13.6. The van der Waals surface area contributed by atoms with Crippen LogP contribution < -0.4 is 14.9 Å². The van der Waals surface area contributed by atoms with Gasteiger partial charge in [0.15, 0.2) is 11.5 Å².